The molecular formula is C15H21N3. The average Bonchev–Trinajstić information content (AvgIpc) is 2.85. The number of benzene rings is 1. The fourth-order valence-electron chi connectivity index (χ4n) is 2.26. The van der Waals surface area contributed by atoms with Crippen molar-refractivity contribution in [1.29, 1.82) is 0 Å². The lowest BCUT2D eigenvalue weighted by atomic mass is 9.97. The third-order valence-corrected chi connectivity index (χ3v) is 3.10. The summed E-state index contributed by atoms with van der Waals surface area (Å²) in [6.07, 6.45) is 4.93. The molecule has 2 N–H and O–H groups in total. The second kappa shape index (κ2) is 5.83. The summed E-state index contributed by atoms with van der Waals surface area (Å²) in [6, 6.07) is 9.05. The standard InChI is InChI=1S/C15H21N3/c1-11(2)8-12-4-6-13(7-5-12)15(16-3)14-9-17-18-10-14/h4-7,9-11,15-16H,8H2,1-3H3,(H,17,18). The van der Waals surface area contributed by atoms with E-state index < -0.39 is 0 Å². The van der Waals surface area contributed by atoms with Gasteiger partial charge in [0, 0.05) is 11.8 Å². The van der Waals surface area contributed by atoms with Crippen LogP contribution in [0.15, 0.2) is 36.7 Å². The third kappa shape index (κ3) is 2.99. The van der Waals surface area contributed by atoms with Gasteiger partial charge in [-0.05, 0) is 30.5 Å². The first-order valence-electron chi connectivity index (χ1n) is 6.45. The first-order valence-corrected chi connectivity index (χ1v) is 6.45. The van der Waals surface area contributed by atoms with Gasteiger partial charge in [-0.1, -0.05) is 38.1 Å². The molecule has 1 atom stereocenters. The minimum Gasteiger partial charge on any atom is -0.309 e. The molecule has 1 aromatic heterocycles. The molecule has 0 aliphatic carbocycles. The summed E-state index contributed by atoms with van der Waals surface area (Å²) in [6.45, 7) is 4.49. The summed E-state index contributed by atoms with van der Waals surface area (Å²) in [5.74, 6) is 0.699. The number of rotatable bonds is 5. The molecule has 0 aliphatic heterocycles. The van der Waals surface area contributed by atoms with Gasteiger partial charge in [-0.3, -0.25) is 5.10 Å². The summed E-state index contributed by atoms with van der Waals surface area (Å²) in [4.78, 5) is 0. The molecule has 1 aromatic carbocycles. The van der Waals surface area contributed by atoms with Crippen molar-refractivity contribution < 1.29 is 0 Å². The average molecular weight is 243 g/mol. The van der Waals surface area contributed by atoms with E-state index in [0.29, 0.717) is 5.92 Å². The molecule has 0 aliphatic rings. The first-order chi connectivity index (χ1) is 8.70. The molecule has 0 amide bonds. The minimum absolute atomic E-state index is 0.205. The molecule has 18 heavy (non-hydrogen) atoms. The van der Waals surface area contributed by atoms with Gasteiger partial charge < -0.3 is 5.32 Å². The second-order valence-electron chi connectivity index (χ2n) is 5.09. The number of nitrogens with one attached hydrogen (secondary N) is 2. The number of aromatic nitrogens is 2. The second-order valence-corrected chi connectivity index (χ2v) is 5.09. The van der Waals surface area contributed by atoms with Gasteiger partial charge >= 0.3 is 0 Å². The zero-order chi connectivity index (χ0) is 13.0. The summed E-state index contributed by atoms with van der Waals surface area (Å²) in [7, 11) is 1.97. The first kappa shape index (κ1) is 12.8. The monoisotopic (exact) mass is 243 g/mol. The lowest BCUT2D eigenvalue weighted by molar-refractivity contribution is 0.645. The molecule has 0 radical (unpaired) electrons. The number of aromatic amines is 1. The molecule has 1 heterocycles. The van der Waals surface area contributed by atoms with Crippen molar-refractivity contribution in [3.8, 4) is 0 Å². The maximum Gasteiger partial charge on any atom is 0.0605 e. The van der Waals surface area contributed by atoms with E-state index in [1.807, 2.05) is 19.4 Å². The Bertz CT molecular complexity index is 457. The Balaban J connectivity index is 2.17. The number of nitrogens with zero attached hydrogens (tertiary/aromatic N) is 1. The van der Waals surface area contributed by atoms with Crippen molar-refractivity contribution in [3.63, 3.8) is 0 Å². The normalized spacial score (nSPS) is 12.9. The fourth-order valence-corrected chi connectivity index (χ4v) is 2.26. The Kier molecular flexibility index (Phi) is 4.15. The van der Waals surface area contributed by atoms with Crippen LogP contribution in [0.4, 0.5) is 0 Å². The molecule has 3 heteroatoms. The topological polar surface area (TPSA) is 40.7 Å². The van der Waals surface area contributed by atoms with Gasteiger partial charge in [0.05, 0.1) is 12.2 Å². The highest BCUT2D eigenvalue weighted by Crippen LogP contribution is 2.21. The number of hydrogen-bond acceptors (Lipinski definition) is 2. The fraction of sp³-hybridized carbons (Fsp3) is 0.400. The van der Waals surface area contributed by atoms with E-state index >= 15 is 0 Å². The molecule has 0 saturated heterocycles. The Hall–Kier alpha value is -1.61. The van der Waals surface area contributed by atoms with Gasteiger partial charge in [0.15, 0.2) is 0 Å². The van der Waals surface area contributed by atoms with E-state index in [0.717, 1.165) is 12.0 Å². The van der Waals surface area contributed by atoms with Gasteiger partial charge in [0.25, 0.3) is 0 Å². The summed E-state index contributed by atoms with van der Waals surface area (Å²) < 4.78 is 0. The van der Waals surface area contributed by atoms with Crippen molar-refractivity contribution in [1.82, 2.24) is 15.5 Å². The molecule has 96 valence electrons. The minimum atomic E-state index is 0.205. The van der Waals surface area contributed by atoms with Crippen molar-refractivity contribution in [3.05, 3.63) is 53.3 Å². The van der Waals surface area contributed by atoms with Crippen LogP contribution in [-0.2, 0) is 6.42 Å². The smallest absolute Gasteiger partial charge is 0.0605 e. The molecule has 2 rings (SSSR count). The third-order valence-electron chi connectivity index (χ3n) is 3.10. The van der Waals surface area contributed by atoms with Crippen LogP contribution in [0.3, 0.4) is 0 Å². The maximum absolute atomic E-state index is 4.01. The van der Waals surface area contributed by atoms with Gasteiger partial charge in [-0.2, -0.15) is 5.10 Å². The number of hydrogen-bond donors (Lipinski definition) is 2. The summed E-state index contributed by atoms with van der Waals surface area (Å²) in [5, 5.41) is 10.2. The molecule has 0 bridgehead atoms. The van der Waals surface area contributed by atoms with Crippen LogP contribution >= 0.6 is 0 Å². The lowest BCUT2D eigenvalue weighted by Crippen LogP contribution is -2.17. The highest BCUT2D eigenvalue weighted by molar-refractivity contribution is 5.31. The molecular weight excluding hydrogens is 222 g/mol. The zero-order valence-corrected chi connectivity index (χ0v) is 11.3. The van der Waals surface area contributed by atoms with Crippen LogP contribution in [0.2, 0.25) is 0 Å². The quantitative estimate of drug-likeness (QED) is 0.847. The van der Waals surface area contributed by atoms with Crippen LogP contribution < -0.4 is 5.32 Å². The van der Waals surface area contributed by atoms with E-state index in [4.69, 9.17) is 0 Å². The predicted octanol–water partition coefficient (Wildman–Crippen LogP) is 2.92. The van der Waals surface area contributed by atoms with E-state index in [2.05, 4.69) is 53.6 Å². The maximum atomic E-state index is 4.01. The summed E-state index contributed by atoms with van der Waals surface area (Å²) in [5.41, 5.74) is 3.83. The van der Waals surface area contributed by atoms with Gasteiger partial charge in [-0.15, -0.1) is 0 Å². The van der Waals surface area contributed by atoms with E-state index in [1.165, 1.54) is 11.1 Å². The Morgan fingerprint density at radius 1 is 1.17 bits per heavy atom. The van der Waals surface area contributed by atoms with Crippen LogP contribution in [0.25, 0.3) is 0 Å². The SMILES string of the molecule is CNC(c1ccc(CC(C)C)cc1)c1cn[nH]c1. The van der Waals surface area contributed by atoms with Gasteiger partial charge in [0.2, 0.25) is 0 Å². The summed E-state index contributed by atoms with van der Waals surface area (Å²) >= 11 is 0. The Morgan fingerprint density at radius 3 is 2.39 bits per heavy atom. The molecule has 0 spiro atoms. The molecule has 2 aromatic rings. The van der Waals surface area contributed by atoms with Crippen LogP contribution in [-0.4, -0.2) is 17.2 Å². The molecule has 3 nitrogen and oxygen atoms in total. The van der Waals surface area contributed by atoms with Gasteiger partial charge in [-0.25, -0.2) is 0 Å². The van der Waals surface area contributed by atoms with Crippen molar-refractivity contribution in [2.75, 3.05) is 7.05 Å². The van der Waals surface area contributed by atoms with Crippen LogP contribution in [0.1, 0.15) is 36.6 Å². The van der Waals surface area contributed by atoms with Gasteiger partial charge in [0.1, 0.15) is 0 Å². The molecule has 1 unspecified atom stereocenters. The Labute approximate surface area is 109 Å². The van der Waals surface area contributed by atoms with Crippen LogP contribution in [0.5, 0.6) is 0 Å². The van der Waals surface area contributed by atoms with Crippen molar-refractivity contribution >= 4 is 0 Å². The lowest BCUT2D eigenvalue weighted by Gasteiger charge is -2.15. The van der Waals surface area contributed by atoms with E-state index in [1.54, 1.807) is 0 Å². The number of H-pyrrole nitrogens is 1. The zero-order valence-electron chi connectivity index (χ0n) is 11.3. The predicted molar refractivity (Wildman–Crippen MR) is 74.5 cm³/mol. The van der Waals surface area contributed by atoms with Crippen molar-refractivity contribution in [2.24, 2.45) is 5.92 Å². The largest absolute Gasteiger partial charge is 0.309 e. The van der Waals surface area contributed by atoms with Crippen LogP contribution in [0, 0.1) is 5.92 Å². The molecule has 0 saturated carbocycles. The van der Waals surface area contributed by atoms with Crippen molar-refractivity contribution in [2.45, 2.75) is 26.3 Å². The molecule has 0 fully saturated rings. The van der Waals surface area contributed by atoms with E-state index in [-0.39, 0.29) is 6.04 Å². The highest BCUT2D eigenvalue weighted by atomic mass is 15.1. The van der Waals surface area contributed by atoms with E-state index in [9.17, 15) is 0 Å². The Morgan fingerprint density at radius 2 is 1.89 bits per heavy atom. The highest BCUT2D eigenvalue weighted by Gasteiger charge is 2.12.